The topological polar surface area (TPSA) is 75.6 Å². The van der Waals surface area contributed by atoms with Gasteiger partial charge in [0.1, 0.15) is 11.1 Å². The third kappa shape index (κ3) is 4.28. The molecular weight excluding hydrogens is 377 g/mol. The van der Waals surface area contributed by atoms with Gasteiger partial charge in [0.2, 0.25) is 11.8 Å². The fourth-order valence-corrected chi connectivity index (χ4v) is 3.22. The van der Waals surface area contributed by atoms with Crippen molar-refractivity contribution in [1.29, 1.82) is 5.26 Å². The summed E-state index contributed by atoms with van der Waals surface area (Å²) in [5.74, 6) is 0.650. The molecule has 0 aliphatic rings. The van der Waals surface area contributed by atoms with Gasteiger partial charge in [-0.1, -0.05) is 29.5 Å². The third-order valence-corrected chi connectivity index (χ3v) is 4.59. The second kappa shape index (κ2) is 7.40. The first-order chi connectivity index (χ1) is 12.8. The molecule has 0 amide bonds. The molecular formula is C18H13F3N4OS. The first kappa shape index (κ1) is 18.9. The predicted octanol–water partition coefficient (Wildman–Crippen LogP) is 4.93. The monoisotopic (exact) mass is 390 g/mol. The number of hydrogen-bond acceptors (Lipinski definition) is 6. The number of alkyl halides is 3. The summed E-state index contributed by atoms with van der Waals surface area (Å²) in [7, 11) is 0. The van der Waals surface area contributed by atoms with Crippen LogP contribution in [0.4, 0.5) is 13.2 Å². The van der Waals surface area contributed by atoms with E-state index < -0.39 is 17.3 Å². The Bertz CT molecular complexity index is 1010. The largest absolute Gasteiger partial charge is 0.420 e. The van der Waals surface area contributed by atoms with Crippen molar-refractivity contribution in [3.8, 4) is 17.5 Å². The Balaban J connectivity index is 1.83. The quantitative estimate of drug-likeness (QED) is 0.588. The molecule has 0 saturated heterocycles. The zero-order valence-electron chi connectivity index (χ0n) is 14.3. The minimum atomic E-state index is -4.63. The Morgan fingerprint density at radius 1 is 1.15 bits per heavy atom. The van der Waals surface area contributed by atoms with Crippen LogP contribution in [0.25, 0.3) is 11.5 Å². The van der Waals surface area contributed by atoms with Gasteiger partial charge in [-0.2, -0.15) is 18.4 Å². The van der Waals surface area contributed by atoms with Gasteiger partial charge in [0, 0.05) is 11.3 Å². The van der Waals surface area contributed by atoms with Gasteiger partial charge in [0.25, 0.3) is 0 Å². The Labute approximate surface area is 157 Å². The molecule has 5 nitrogen and oxygen atoms in total. The lowest BCUT2D eigenvalue weighted by Crippen LogP contribution is -2.10. The van der Waals surface area contributed by atoms with E-state index in [1.165, 1.54) is 6.92 Å². The summed E-state index contributed by atoms with van der Waals surface area (Å²) in [6.45, 7) is 3.40. The molecule has 27 heavy (non-hydrogen) atoms. The highest BCUT2D eigenvalue weighted by Crippen LogP contribution is 2.36. The molecule has 0 fully saturated rings. The van der Waals surface area contributed by atoms with E-state index in [0.717, 1.165) is 29.0 Å². The molecule has 1 aromatic carbocycles. The van der Waals surface area contributed by atoms with Crippen LogP contribution in [0.3, 0.4) is 0 Å². The summed E-state index contributed by atoms with van der Waals surface area (Å²) in [4.78, 5) is 4.06. The Morgan fingerprint density at radius 2 is 1.85 bits per heavy atom. The molecule has 2 heterocycles. The van der Waals surface area contributed by atoms with E-state index >= 15 is 0 Å². The molecule has 3 aromatic rings. The van der Waals surface area contributed by atoms with Gasteiger partial charge in [-0.3, -0.25) is 0 Å². The predicted molar refractivity (Wildman–Crippen MR) is 92.7 cm³/mol. The molecule has 0 N–H and O–H groups in total. The molecule has 0 saturated carbocycles. The van der Waals surface area contributed by atoms with Crippen LogP contribution in [-0.4, -0.2) is 15.2 Å². The average Bonchev–Trinajstić information content (AvgIpc) is 3.08. The number of pyridine rings is 1. The summed E-state index contributed by atoms with van der Waals surface area (Å²) < 4.78 is 45.0. The second-order valence-corrected chi connectivity index (χ2v) is 6.72. The number of benzene rings is 1. The van der Waals surface area contributed by atoms with Crippen molar-refractivity contribution in [2.45, 2.75) is 30.8 Å². The van der Waals surface area contributed by atoms with Crippen LogP contribution >= 0.6 is 11.8 Å². The molecule has 0 atom stereocenters. The number of aromatic nitrogens is 3. The van der Waals surface area contributed by atoms with Gasteiger partial charge in [0.05, 0.1) is 16.9 Å². The van der Waals surface area contributed by atoms with Crippen molar-refractivity contribution in [2.75, 3.05) is 0 Å². The molecule has 9 heteroatoms. The number of halogens is 3. The highest BCUT2D eigenvalue weighted by Gasteiger charge is 2.35. The Kier molecular flexibility index (Phi) is 5.19. The summed E-state index contributed by atoms with van der Waals surface area (Å²) >= 11 is 0.950. The summed E-state index contributed by atoms with van der Waals surface area (Å²) in [6, 6.07) is 9.95. The molecule has 2 aromatic heterocycles. The van der Waals surface area contributed by atoms with Gasteiger partial charge in [0.15, 0.2) is 0 Å². The Hall–Kier alpha value is -2.86. The summed E-state index contributed by atoms with van der Waals surface area (Å²) in [5.41, 5.74) is 0.510. The number of thioether (sulfide) groups is 1. The van der Waals surface area contributed by atoms with Crippen molar-refractivity contribution in [2.24, 2.45) is 0 Å². The van der Waals surface area contributed by atoms with E-state index in [9.17, 15) is 18.4 Å². The minimum Gasteiger partial charge on any atom is -0.420 e. The number of aryl methyl sites for hydroxylation is 2. The van der Waals surface area contributed by atoms with E-state index in [1.807, 2.05) is 31.2 Å². The molecule has 0 spiro atoms. The van der Waals surface area contributed by atoms with Crippen molar-refractivity contribution in [3.63, 3.8) is 0 Å². The van der Waals surface area contributed by atoms with Crippen LogP contribution < -0.4 is 0 Å². The standard InChI is InChI=1S/C18H13F3N4OS/c1-10-3-5-12(6-4-10)16-25-24-15(26-16)9-27-17-13(8-22)14(18(19,20)21)7-11(2)23-17/h3-7H,9H2,1-2H3. The van der Waals surface area contributed by atoms with E-state index in [-0.39, 0.29) is 22.4 Å². The van der Waals surface area contributed by atoms with Crippen molar-refractivity contribution in [3.05, 3.63) is 58.6 Å². The van der Waals surface area contributed by atoms with Crippen LogP contribution in [0.5, 0.6) is 0 Å². The molecule has 0 aliphatic heterocycles. The zero-order valence-corrected chi connectivity index (χ0v) is 15.1. The van der Waals surface area contributed by atoms with Gasteiger partial charge in [-0.15, -0.1) is 10.2 Å². The van der Waals surface area contributed by atoms with Gasteiger partial charge in [-0.25, -0.2) is 4.98 Å². The maximum Gasteiger partial charge on any atom is 0.417 e. The lowest BCUT2D eigenvalue weighted by molar-refractivity contribution is -0.138. The summed E-state index contributed by atoms with van der Waals surface area (Å²) in [5, 5.41) is 17.0. The Morgan fingerprint density at radius 3 is 2.48 bits per heavy atom. The fraction of sp³-hybridized carbons (Fsp3) is 0.222. The van der Waals surface area contributed by atoms with Gasteiger partial charge >= 0.3 is 6.18 Å². The maximum atomic E-state index is 13.1. The smallest absolute Gasteiger partial charge is 0.417 e. The van der Waals surface area contributed by atoms with E-state index in [4.69, 9.17) is 4.42 Å². The molecule has 3 rings (SSSR count). The van der Waals surface area contributed by atoms with E-state index in [0.29, 0.717) is 5.89 Å². The number of nitrogens with zero attached hydrogens (tertiary/aromatic N) is 4. The molecule has 0 unspecified atom stereocenters. The minimum absolute atomic E-state index is 0.0140. The first-order valence-corrected chi connectivity index (χ1v) is 8.77. The SMILES string of the molecule is Cc1ccc(-c2nnc(CSc3nc(C)cc(C(F)(F)F)c3C#N)o2)cc1. The van der Waals surface area contributed by atoms with Gasteiger partial charge in [-0.05, 0) is 32.0 Å². The number of rotatable bonds is 4. The maximum absolute atomic E-state index is 13.1. The highest BCUT2D eigenvalue weighted by atomic mass is 32.2. The normalized spacial score (nSPS) is 11.4. The van der Waals surface area contributed by atoms with Gasteiger partial charge < -0.3 is 4.42 Å². The van der Waals surface area contributed by atoms with E-state index in [2.05, 4.69) is 15.2 Å². The van der Waals surface area contributed by atoms with Crippen LogP contribution in [-0.2, 0) is 11.9 Å². The molecule has 0 aliphatic carbocycles. The molecule has 138 valence electrons. The van der Waals surface area contributed by atoms with Crippen LogP contribution in [0.1, 0.15) is 28.3 Å². The number of nitriles is 1. The average molecular weight is 390 g/mol. The van der Waals surface area contributed by atoms with Crippen LogP contribution in [0.2, 0.25) is 0 Å². The van der Waals surface area contributed by atoms with Crippen molar-refractivity contribution in [1.82, 2.24) is 15.2 Å². The molecule has 0 radical (unpaired) electrons. The van der Waals surface area contributed by atoms with Crippen molar-refractivity contribution < 1.29 is 17.6 Å². The molecule has 0 bridgehead atoms. The van der Waals surface area contributed by atoms with Crippen LogP contribution in [0.15, 0.2) is 39.8 Å². The zero-order chi connectivity index (χ0) is 19.6. The summed E-state index contributed by atoms with van der Waals surface area (Å²) in [6.07, 6.45) is -4.63. The second-order valence-electron chi connectivity index (χ2n) is 5.76. The lowest BCUT2D eigenvalue weighted by atomic mass is 10.1. The third-order valence-electron chi connectivity index (χ3n) is 3.63. The number of hydrogen-bond donors (Lipinski definition) is 0. The highest BCUT2D eigenvalue weighted by molar-refractivity contribution is 7.98. The fourth-order valence-electron chi connectivity index (χ4n) is 2.34. The van der Waals surface area contributed by atoms with Crippen LogP contribution in [0, 0.1) is 25.2 Å². The van der Waals surface area contributed by atoms with E-state index in [1.54, 1.807) is 6.07 Å². The lowest BCUT2D eigenvalue weighted by Gasteiger charge is -2.12. The first-order valence-electron chi connectivity index (χ1n) is 7.79. The van der Waals surface area contributed by atoms with Crippen molar-refractivity contribution >= 4 is 11.8 Å².